The first-order valence-corrected chi connectivity index (χ1v) is 7.79. The number of hydrogen-bond donors (Lipinski definition) is 2. The summed E-state index contributed by atoms with van der Waals surface area (Å²) in [6.45, 7) is 6.91. The summed E-state index contributed by atoms with van der Waals surface area (Å²) in [4.78, 5) is 11.8. The van der Waals surface area contributed by atoms with Gasteiger partial charge in [-0.15, -0.1) is 12.4 Å². The summed E-state index contributed by atoms with van der Waals surface area (Å²) in [6, 6.07) is 7.91. The van der Waals surface area contributed by atoms with Gasteiger partial charge in [-0.05, 0) is 30.0 Å². The van der Waals surface area contributed by atoms with Crippen LogP contribution >= 0.6 is 12.4 Å². The molecule has 1 aromatic carbocycles. The summed E-state index contributed by atoms with van der Waals surface area (Å²) < 4.78 is 5.50. The van der Waals surface area contributed by atoms with Gasteiger partial charge in [0.2, 0.25) is 0 Å². The molecule has 0 aromatic heterocycles. The molecular weight excluding hydrogens is 300 g/mol. The van der Waals surface area contributed by atoms with Crippen LogP contribution in [0.5, 0.6) is 5.75 Å². The van der Waals surface area contributed by atoms with Crippen molar-refractivity contribution in [3.63, 3.8) is 0 Å². The van der Waals surface area contributed by atoms with Crippen LogP contribution < -0.4 is 15.8 Å². The van der Waals surface area contributed by atoms with Crippen LogP contribution in [0.3, 0.4) is 0 Å². The Bertz CT molecular complexity index is 421. The number of carbonyl (C=O) groups excluding carboxylic acids is 1. The maximum absolute atomic E-state index is 11.8. The Kier molecular flexibility index (Phi) is 10.7. The summed E-state index contributed by atoms with van der Waals surface area (Å²) >= 11 is 0. The lowest BCUT2D eigenvalue weighted by atomic mass is 10.0. The quantitative estimate of drug-likeness (QED) is 0.731. The van der Waals surface area contributed by atoms with Gasteiger partial charge < -0.3 is 15.8 Å². The van der Waals surface area contributed by atoms with Crippen LogP contribution in [0.25, 0.3) is 0 Å². The molecule has 0 heterocycles. The first-order valence-electron chi connectivity index (χ1n) is 7.79. The smallest absolute Gasteiger partial charge is 0.258 e. The number of carbonyl (C=O) groups is 1. The van der Waals surface area contributed by atoms with Crippen molar-refractivity contribution in [3.8, 4) is 5.75 Å². The highest BCUT2D eigenvalue weighted by Crippen LogP contribution is 2.18. The van der Waals surface area contributed by atoms with Gasteiger partial charge in [0.1, 0.15) is 5.75 Å². The SMILES string of the molecule is CCCCC(CN)NC(=O)COc1ccc(C(C)C)cc1.Cl. The molecule has 126 valence electrons. The fraction of sp³-hybridized carbons (Fsp3) is 0.588. The van der Waals surface area contributed by atoms with Gasteiger partial charge in [0.15, 0.2) is 6.61 Å². The monoisotopic (exact) mass is 328 g/mol. The molecule has 4 nitrogen and oxygen atoms in total. The van der Waals surface area contributed by atoms with Crippen LogP contribution in [0, 0.1) is 0 Å². The zero-order valence-corrected chi connectivity index (χ0v) is 14.6. The summed E-state index contributed by atoms with van der Waals surface area (Å²) in [5, 5.41) is 2.91. The second kappa shape index (κ2) is 11.3. The van der Waals surface area contributed by atoms with Crippen molar-refractivity contribution in [2.24, 2.45) is 5.73 Å². The van der Waals surface area contributed by atoms with Crippen LogP contribution in [0.15, 0.2) is 24.3 Å². The normalized spacial score (nSPS) is 11.7. The van der Waals surface area contributed by atoms with Crippen molar-refractivity contribution in [2.45, 2.75) is 52.0 Å². The number of ether oxygens (including phenoxy) is 1. The van der Waals surface area contributed by atoms with Crippen LogP contribution in [0.4, 0.5) is 0 Å². The molecule has 1 aromatic rings. The number of nitrogens with two attached hydrogens (primary N) is 1. The summed E-state index contributed by atoms with van der Waals surface area (Å²) in [7, 11) is 0. The summed E-state index contributed by atoms with van der Waals surface area (Å²) in [5.41, 5.74) is 6.92. The lowest BCUT2D eigenvalue weighted by molar-refractivity contribution is -0.123. The van der Waals surface area contributed by atoms with E-state index in [-0.39, 0.29) is 31.0 Å². The van der Waals surface area contributed by atoms with Gasteiger partial charge >= 0.3 is 0 Å². The molecular formula is C17H29ClN2O2. The van der Waals surface area contributed by atoms with E-state index in [0.29, 0.717) is 18.2 Å². The molecule has 0 fully saturated rings. The van der Waals surface area contributed by atoms with Crippen molar-refractivity contribution < 1.29 is 9.53 Å². The van der Waals surface area contributed by atoms with Gasteiger partial charge in [0.25, 0.3) is 5.91 Å². The summed E-state index contributed by atoms with van der Waals surface area (Å²) in [5.74, 6) is 1.09. The molecule has 0 radical (unpaired) electrons. The zero-order chi connectivity index (χ0) is 15.7. The predicted octanol–water partition coefficient (Wildman–Crippen LogP) is 3.24. The topological polar surface area (TPSA) is 64.3 Å². The van der Waals surface area contributed by atoms with E-state index in [1.807, 2.05) is 24.3 Å². The van der Waals surface area contributed by atoms with Crippen LogP contribution in [-0.4, -0.2) is 25.1 Å². The average Bonchev–Trinajstić information content (AvgIpc) is 2.49. The zero-order valence-electron chi connectivity index (χ0n) is 13.8. The highest BCUT2D eigenvalue weighted by molar-refractivity contribution is 5.85. The average molecular weight is 329 g/mol. The van der Waals surface area contributed by atoms with Crippen molar-refractivity contribution in [3.05, 3.63) is 29.8 Å². The molecule has 1 unspecified atom stereocenters. The van der Waals surface area contributed by atoms with Gasteiger partial charge in [-0.2, -0.15) is 0 Å². The number of benzene rings is 1. The number of nitrogens with one attached hydrogen (secondary N) is 1. The number of hydrogen-bond acceptors (Lipinski definition) is 3. The fourth-order valence-corrected chi connectivity index (χ4v) is 2.07. The van der Waals surface area contributed by atoms with Crippen molar-refractivity contribution in [2.75, 3.05) is 13.2 Å². The Morgan fingerprint density at radius 3 is 2.41 bits per heavy atom. The molecule has 5 heteroatoms. The second-order valence-electron chi connectivity index (χ2n) is 5.65. The van der Waals surface area contributed by atoms with E-state index in [1.165, 1.54) is 5.56 Å². The van der Waals surface area contributed by atoms with Gasteiger partial charge in [-0.1, -0.05) is 45.7 Å². The van der Waals surface area contributed by atoms with E-state index >= 15 is 0 Å². The standard InChI is InChI=1S/C17H28N2O2.ClH/c1-4-5-6-15(11-18)19-17(20)12-21-16-9-7-14(8-10-16)13(2)3;/h7-10,13,15H,4-6,11-12,18H2,1-3H3,(H,19,20);1H. The number of rotatable bonds is 9. The van der Waals surface area contributed by atoms with E-state index < -0.39 is 0 Å². The highest BCUT2D eigenvalue weighted by atomic mass is 35.5. The van der Waals surface area contributed by atoms with Gasteiger partial charge in [-0.25, -0.2) is 0 Å². The van der Waals surface area contributed by atoms with Crippen molar-refractivity contribution >= 4 is 18.3 Å². The van der Waals surface area contributed by atoms with Crippen LogP contribution in [-0.2, 0) is 4.79 Å². The lowest BCUT2D eigenvalue weighted by Gasteiger charge is -2.16. The third-order valence-corrected chi connectivity index (χ3v) is 3.47. The van der Waals surface area contributed by atoms with E-state index in [9.17, 15) is 4.79 Å². The first kappa shape index (κ1) is 20.7. The number of amides is 1. The minimum absolute atomic E-state index is 0. The lowest BCUT2D eigenvalue weighted by Crippen LogP contribution is -2.42. The van der Waals surface area contributed by atoms with Gasteiger partial charge in [-0.3, -0.25) is 4.79 Å². The van der Waals surface area contributed by atoms with E-state index in [0.717, 1.165) is 19.3 Å². The second-order valence-corrected chi connectivity index (χ2v) is 5.65. The molecule has 1 amide bonds. The molecule has 0 bridgehead atoms. The minimum Gasteiger partial charge on any atom is -0.484 e. The first-order chi connectivity index (χ1) is 10.1. The van der Waals surface area contributed by atoms with E-state index in [2.05, 4.69) is 26.1 Å². The molecule has 0 saturated carbocycles. The Morgan fingerprint density at radius 1 is 1.27 bits per heavy atom. The maximum Gasteiger partial charge on any atom is 0.258 e. The van der Waals surface area contributed by atoms with Crippen molar-refractivity contribution in [1.82, 2.24) is 5.32 Å². The minimum atomic E-state index is -0.116. The molecule has 0 spiro atoms. The van der Waals surface area contributed by atoms with E-state index in [1.54, 1.807) is 0 Å². The summed E-state index contributed by atoms with van der Waals surface area (Å²) in [6.07, 6.45) is 3.09. The number of halogens is 1. The van der Waals surface area contributed by atoms with Crippen LogP contribution in [0.2, 0.25) is 0 Å². The molecule has 22 heavy (non-hydrogen) atoms. The molecule has 1 rings (SSSR count). The molecule has 3 N–H and O–H groups in total. The Morgan fingerprint density at radius 2 is 1.91 bits per heavy atom. The highest BCUT2D eigenvalue weighted by Gasteiger charge is 2.10. The molecule has 1 atom stereocenters. The van der Waals surface area contributed by atoms with E-state index in [4.69, 9.17) is 10.5 Å². The van der Waals surface area contributed by atoms with Gasteiger partial charge in [0.05, 0.1) is 0 Å². The Labute approximate surface area is 140 Å². The van der Waals surface area contributed by atoms with Crippen LogP contribution in [0.1, 0.15) is 51.5 Å². The largest absolute Gasteiger partial charge is 0.484 e. The molecule has 0 saturated heterocycles. The third kappa shape index (κ3) is 7.66. The predicted molar refractivity (Wildman–Crippen MR) is 93.8 cm³/mol. The maximum atomic E-state index is 11.8. The van der Waals surface area contributed by atoms with Gasteiger partial charge in [0, 0.05) is 12.6 Å². The fourth-order valence-electron chi connectivity index (χ4n) is 2.07. The molecule has 0 aliphatic heterocycles. The molecule has 0 aliphatic rings. The third-order valence-electron chi connectivity index (χ3n) is 3.47. The molecule has 0 aliphatic carbocycles. The Hall–Kier alpha value is -1.26. The Balaban J connectivity index is 0.00000441. The van der Waals surface area contributed by atoms with Crippen molar-refractivity contribution in [1.29, 1.82) is 0 Å². The number of unbranched alkanes of at least 4 members (excludes halogenated alkanes) is 1.